The topological polar surface area (TPSA) is 403 Å². The minimum atomic E-state index is -2.45. The molecule has 8 aliphatic rings. The fourth-order valence-corrected chi connectivity index (χ4v) is 17.3. The molecule has 39 heteroatoms. The Morgan fingerprint density at radius 2 is 0.571 bits per heavy atom. The number of benzene rings is 1. The van der Waals surface area contributed by atoms with E-state index in [4.69, 9.17) is 61.8 Å². The molecule has 7 N–H and O–H groups in total. The van der Waals surface area contributed by atoms with Crippen molar-refractivity contribution in [3.8, 4) is 53.1 Å². The molecule has 6 amide bonds. The summed E-state index contributed by atoms with van der Waals surface area (Å²) in [5.41, 5.74) is 0. The van der Waals surface area contributed by atoms with Crippen LogP contribution in [0.4, 0.5) is 59.0 Å². The Hall–Kier alpha value is -9.97. The first-order valence-corrected chi connectivity index (χ1v) is 47.3. The van der Waals surface area contributed by atoms with Crippen LogP contribution in [0.1, 0.15) is 161 Å². The predicted octanol–water partition coefficient (Wildman–Crippen LogP) is 8.87. The van der Waals surface area contributed by atoms with Crippen molar-refractivity contribution >= 4 is 71.6 Å². The number of ether oxygens (including phenoxy) is 13. The number of halogens is 5. The maximum absolute atomic E-state index is 14.7. The first-order valence-electron chi connectivity index (χ1n) is 47.3. The number of aromatic nitrogens is 3. The molecule has 133 heavy (non-hydrogen) atoms. The van der Waals surface area contributed by atoms with Crippen LogP contribution >= 0.6 is 0 Å². The number of Topliss-reactive ketones (excluding diaryl/α,β-unsaturated/α-hetero) is 2. The van der Waals surface area contributed by atoms with Gasteiger partial charge in [0, 0.05) is 162 Å². The molecule has 4 fully saturated rings. The van der Waals surface area contributed by atoms with Crippen LogP contribution in [0, 0.1) is 147 Å². The lowest BCUT2D eigenvalue weighted by Crippen LogP contribution is -2.36. The number of anilines is 3. The molecule has 734 valence electrons. The molecule has 1 aromatic carbocycles. The highest BCUT2D eigenvalue weighted by Crippen LogP contribution is 2.55. The van der Waals surface area contributed by atoms with Crippen LogP contribution in [0.15, 0.2) is 0 Å². The predicted molar refractivity (Wildman–Crippen MR) is 473 cm³/mol. The maximum atomic E-state index is 14.7. The van der Waals surface area contributed by atoms with Gasteiger partial charge < -0.3 is 109 Å². The lowest BCUT2D eigenvalue weighted by atomic mass is 10.1. The number of alkyl carbamates (subject to hydrolysis) is 4. The third-order valence-electron chi connectivity index (χ3n) is 24.9. The van der Waals surface area contributed by atoms with E-state index in [1.54, 1.807) is 9.80 Å². The fraction of sp³-hybridized carbons (Fsp3) is 0.723. The number of hydrogen-bond acceptors (Lipinski definition) is 28. The number of ketones is 2. The maximum Gasteiger partial charge on any atom is 0.407 e. The smallest absolute Gasteiger partial charge is 0.407 e. The van der Waals surface area contributed by atoms with Crippen LogP contribution in [0.3, 0.4) is 0 Å². The number of nitrogens with zero attached hydrogens (tertiary/aromatic N) is 5. The van der Waals surface area contributed by atoms with Gasteiger partial charge in [-0.3, -0.25) is 24.0 Å². The molecule has 4 unspecified atom stereocenters. The van der Waals surface area contributed by atoms with Crippen LogP contribution in [0.5, 0.6) is 5.75 Å². The van der Waals surface area contributed by atoms with Gasteiger partial charge in [0.1, 0.15) is 11.6 Å². The van der Waals surface area contributed by atoms with Gasteiger partial charge in [-0.1, -0.05) is 0 Å². The largest absolute Gasteiger partial charge is 0.449 e. The SMILES string of the molecule is O=C(CCCNC(=O)OCC1[C@H]2CCC#CCC[C@@H]12)CCOCCOCCN(CCOCCOCCC(=O)NCCNC(=O)OCC1[C@H]2CCC#CCC[C@@H]12)c1nc(NCCC(=O)Oc2c(F)c(F)c(F)c(F)c2F)nc(N(CCOCCOCCC(=O)CCCNC(=O)OCC2[C@H]3CCC#CCC[C@@H]23)CCOCCOCCC(=O)NCCNC(=O)OCC2[C@H]3CCC#CCC[C@@H]23)n1. The number of esters is 1. The zero-order valence-corrected chi connectivity index (χ0v) is 76.1. The Kier molecular flexibility index (Phi) is 47.2. The molecule has 0 spiro atoms. The number of amides is 6. The van der Waals surface area contributed by atoms with Gasteiger partial charge in [-0.2, -0.15) is 23.7 Å². The highest BCUT2D eigenvalue weighted by Gasteiger charge is 2.52. The van der Waals surface area contributed by atoms with Gasteiger partial charge in [-0.05, 0) is 135 Å². The first-order chi connectivity index (χ1) is 64.9. The summed E-state index contributed by atoms with van der Waals surface area (Å²) in [4.78, 5) is 132. The van der Waals surface area contributed by atoms with E-state index in [-0.39, 0.29) is 251 Å². The number of carbonyl (C=O) groups excluding carboxylic acids is 9. The van der Waals surface area contributed by atoms with Gasteiger partial charge in [-0.15, -0.1) is 47.4 Å². The molecule has 4 saturated carbocycles. The summed E-state index contributed by atoms with van der Waals surface area (Å²) in [6.45, 7) is 3.57. The van der Waals surface area contributed by atoms with E-state index in [2.05, 4.69) is 99.3 Å². The van der Waals surface area contributed by atoms with Crippen LogP contribution in [0.2, 0.25) is 0 Å². The summed E-state index contributed by atoms with van der Waals surface area (Å²) < 4.78 is 146. The van der Waals surface area contributed by atoms with Gasteiger partial charge in [0.15, 0.2) is 0 Å². The zero-order chi connectivity index (χ0) is 94.0. The second-order valence-electron chi connectivity index (χ2n) is 34.0. The van der Waals surface area contributed by atoms with Gasteiger partial charge in [-0.25, -0.2) is 32.3 Å². The average Bonchev–Trinajstić information content (AvgIpc) is 1.70. The van der Waals surface area contributed by atoms with Gasteiger partial charge in [0.05, 0.1) is 139 Å². The lowest BCUT2D eigenvalue weighted by molar-refractivity contribution is -0.134. The molecule has 0 bridgehead atoms. The normalized spacial score (nSPS) is 21.3. The molecule has 0 radical (unpaired) electrons. The number of nitrogens with one attached hydrogen (secondary N) is 7. The molecule has 0 saturated heterocycles. The summed E-state index contributed by atoms with van der Waals surface area (Å²) >= 11 is 0. The second kappa shape index (κ2) is 59.7. The van der Waals surface area contributed by atoms with Crippen molar-refractivity contribution in [3.63, 3.8) is 0 Å². The molecular weight excluding hydrogens is 1740 g/mol. The Bertz CT molecular complexity index is 3810. The third kappa shape index (κ3) is 39.1. The number of fused-ring (bicyclic) bond motifs is 4. The van der Waals surface area contributed by atoms with E-state index < -0.39 is 78.1 Å². The van der Waals surface area contributed by atoms with Gasteiger partial charge in [0.25, 0.3) is 0 Å². The van der Waals surface area contributed by atoms with Crippen molar-refractivity contribution < 1.29 is 127 Å². The minimum absolute atomic E-state index is 0.00496. The summed E-state index contributed by atoms with van der Waals surface area (Å²) in [7, 11) is 0. The van der Waals surface area contributed by atoms with Crippen molar-refractivity contribution in [1.82, 2.24) is 46.9 Å². The second-order valence-corrected chi connectivity index (χ2v) is 34.0. The summed E-state index contributed by atoms with van der Waals surface area (Å²) in [6.07, 6.45) is 13.7. The third-order valence-corrected chi connectivity index (χ3v) is 24.9. The van der Waals surface area contributed by atoms with E-state index in [9.17, 15) is 65.1 Å². The average molecular weight is 1880 g/mol. The van der Waals surface area contributed by atoms with E-state index >= 15 is 0 Å². The standard InChI is InChI=1S/C94H131F5N12O22/c95-82-83(96)85(98)87(86(99)84(82)97)133-81(116)29-36-102-88-107-89(110(41-49-125-57-53-121-45-30-65(112)19-17-34-103-91(117)129-61-75-67-21-9-1-2-10-22-68(67)75)43-51-127-59-55-123-47-32-79(114)100-37-39-105-93(119)131-63-77-71-25-13-5-6-14-26-72(71)77)109-90(108-88)111(42-50-126-58-54-122-46-31-66(113)20-18-35-104-92(118)130-62-76-69-23-11-3-4-12-24-70(69)76)44-52-128-60-56-124-48-33-80(115)101-38-40-106-94(120)132-64-78-73-27-15-7-8-16-28-74(73)78/h67-78H,9-64H2,(H,100,114)(H,101,115)(H,103,117)(H,104,118)(H,105,119)(H,106,120)(H,102,107,108,109)/t67-,68+,69-,70+,71-,72+,73-,74+,75?,76?,77?,78?. The van der Waals surface area contributed by atoms with E-state index in [1.165, 1.54) is 0 Å². The number of rotatable bonds is 65. The van der Waals surface area contributed by atoms with Crippen molar-refractivity contribution in [1.29, 1.82) is 0 Å². The summed E-state index contributed by atoms with van der Waals surface area (Å²) in [5.74, 6) is 15.2. The molecule has 0 aliphatic heterocycles. The monoisotopic (exact) mass is 1870 g/mol. The Labute approximate surface area is 774 Å². The molecule has 2 aromatic rings. The number of carbonyl (C=O) groups is 9. The number of hydrogen-bond donors (Lipinski definition) is 7. The molecule has 8 aliphatic carbocycles. The van der Waals surface area contributed by atoms with Crippen molar-refractivity contribution in [2.75, 3.05) is 219 Å². The molecular formula is C94H131F5N12O22. The first kappa shape index (κ1) is 105. The lowest BCUT2D eigenvalue weighted by Gasteiger charge is -2.27. The van der Waals surface area contributed by atoms with Crippen LogP contribution in [0.25, 0.3) is 0 Å². The Morgan fingerprint density at radius 1 is 0.301 bits per heavy atom. The zero-order valence-electron chi connectivity index (χ0n) is 76.1. The molecule has 1 heterocycles. The Morgan fingerprint density at radius 3 is 0.880 bits per heavy atom. The quantitative estimate of drug-likeness (QED) is 0.00475. The Balaban J connectivity index is 0.722. The van der Waals surface area contributed by atoms with E-state index in [0.717, 1.165) is 103 Å². The van der Waals surface area contributed by atoms with E-state index in [1.807, 2.05) is 0 Å². The molecule has 34 nitrogen and oxygen atoms in total. The van der Waals surface area contributed by atoms with Crippen molar-refractivity contribution in [3.05, 3.63) is 29.1 Å². The molecule has 1 aromatic heterocycles. The highest BCUT2D eigenvalue weighted by atomic mass is 19.2. The highest BCUT2D eigenvalue weighted by molar-refractivity contribution is 5.79. The van der Waals surface area contributed by atoms with Crippen molar-refractivity contribution in [2.24, 2.45) is 71.0 Å². The minimum Gasteiger partial charge on any atom is -0.449 e. The van der Waals surface area contributed by atoms with Gasteiger partial charge >= 0.3 is 30.3 Å². The summed E-state index contributed by atoms with van der Waals surface area (Å²) in [5, 5.41) is 19.2. The van der Waals surface area contributed by atoms with Crippen LogP contribution in [-0.2, 0) is 80.8 Å². The summed E-state index contributed by atoms with van der Waals surface area (Å²) in [6, 6.07) is 0. The van der Waals surface area contributed by atoms with Crippen molar-refractivity contribution in [2.45, 2.75) is 161 Å². The molecule has 10 rings (SSSR count). The van der Waals surface area contributed by atoms with E-state index in [0.29, 0.717) is 110 Å². The van der Waals surface area contributed by atoms with Gasteiger partial charge in [0.2, 0.25) is 64.5 Å². The van der Waals surface area contributed by atoms with Crippen LogP contribution < -0.4 is 51.8 Å². The fourth-order valence-electron chi connectivity index (χ4n) is 17.3. The molecule has 12 atom stereocenters. The van der Waals surface area contributed by atoms with Crippen LogP contribution in [-0.4, -0.2) is 273 Å².